The topological polar surface area (TPSA) is 9.23 Å². The van der Waals surface area contributed by atoms with Crippen molar-refractivity contribution < 1.29 is 17.7 Å². The molecule has 0 radical (unpaired) electrons. The summed E-state index contributed by atoms with van der Waals surface area (Å²) in [6.45, 7) is -5.06. The Balaban J connectivity index is 2.01. The highest BCUT2D eigenvalue weighted by atomic mass is 19.4. The van der Waals surface area contributed by atoms with Crippen molar-refractivity contribution in [1.82, 2.24) is 0 Å². The van der Waals surface area contributed by atoms with Crippen molar-refractivity contribution in [2.24, 2.45) is 0 Å². The highest BCUT2D eigenvalue weighted by molar-refractivity contribution is 6.60. The van der Waals surface area contributed by atoms with Crippen molar-refractivity contribution in [3.05, 3.63) is 71.8 Å². The van der Waals surface area contributed by atoms with Crippen molar-refractivity contribution in [3.63, 3.8) is 0 Å². The Bertz CT molecular complexity index is 514. The Morgan fingerprint density at radius 3 is 1.80 bits per heavy atom. The number of benzene rings is 2. The molecule has 1 unspecified atom stereocenters. The Kier molecular flexibility index (Phi) is 4.85. The molecule has 2 aromatic rings. The largest absolute Gasteiger partial charge is 0.507 e. The minimum absolute atomic E-state index is 0.0282. The van der Waals surface area contributed by atoms with E-state index in [1.54, 1.807) is 54.6 Å². The zero-order valence-electron chi connectivity index (χ0n) is 10.9. The fourth-order valence-corrected chi connectivity index (χ4v) is 1.93. The van der Waals surface area contributed by atoms with Gasteiger partial charge in [0.1, 0.15) is 0 Å². The first kappa shape index (κ1) is 14.7. The summed E-state index contributed by atoms with van der Waals surface area (Å²) in [4.78, 5) is 0. The van der Waals surface area contributed by atoms with E-state index in [1.165, 1.54) is 0 Å². The third-order valence-electron chi connectivity index (χ3n) is 3.01. The normalized spacial score (nSPS) is 13.2. The summed E-state index contributed by atoms with van der Waals surface area (Å²) < 4.78 is 44.2. The van der Waals surface area contributed by atoms with Crippen LogP contribution in [0.5, 0.6) is 0 Å². The Hall–Kier alpha value is -1.75. The van der Waals surface area contributed by atoms with Crippen LogP contribution in [0.15, 0.2) is 60.7 Å². The maximum absolute atomic E-state index is 13.0. The van der Waals surface area contributed by atoms with Gasteiger partial charge in [0.05, 0.1) is 6.61 Å². The first-order valence-electron chi connectivity index (χ1n) is 6.45. The first-order valence-corrected chi connectivity index (χ1v) is 6.45. The fraction of sp³-hybridized carbons (Fsp3) is 0.200. The number of halogens is 3. The smallest absolute Gasteiger partial charge is 0.447 e. The van der Waals surface area contributed by atoms with Crippen LogP contribution in [0.25, 0.3) is 0 Å². The van der Waals surface area contributed by atoms with Crippen molar-refractivity contribution in [2.75, 3.05) is 0 Å². The summed E-state index contributed by atoms with van der Waals surface area (Å²) in [5, 5.41) is 0. The predicted molar refractivity (Wildman–Crippen MR) is 74.2 cm³/mol. The van der Waals surface area contributed by atoms with Gasteiger partial charge in [0, 0.05) is 6.00 Å². The van der Waals surface area contributed by atoms with Crippen LogP contribution in [-0.4, -0.2) is 13.0 Å². The fourth-order valence-electron chi connectivity index (χ4n) is 1.93. The quantitative estimate of drug-likeness (QED) is 0.720. The van der Waals surface area contributed by atoms with Crippen LogP contribution in [0.3, 0.4) is 0 Å². The average molecular weight is 279 g/mol. The maximum atomic E-state index is 13.0. The van der Waals surface area contributed by atoms with Gasteiger partial charge in [-0.05, 0) is 17.5 Å². The van der Waals surface area contributed by atoms with Crippen molar-refractivity contribution >= 4 is 6.98 Å². The monoisotopic (exact) mass is 279 g/mol. The molecule has 1 nitrogen and oxygen atoms in total. The molecule has 0 heterocycles. The molecular formula is C15H15BF3O-. The van der Waals surface area contributed by atoms with Gasteiger partial charge >= 0.3 is 6.98 Å². The zero-order valence-corrected chi connectivity index (χ0v) is 10.9. The van der Waals surface area contributed by atoms with Gasteiger partial charge in [-0.25, -0.2) is 0 Å². The molecule has 2 rings (SSSR count). The van der Waals surface area contributed by atoms with Gasteiger partial charge in [-0.2, -0.15) is 0 Å². The molecule has 20 heavy (non-hydrogen) atoms. The SMILES string of the molecule is F[B-](F)(F)C(Cc1ccccc1)OCc1ccccc1. The Labute approximate surface area is 116 Å². The number of rotatable bonds is 6. The average Bonchev–Trinajstić information content (AvgIpc) is 2.44. The zero-order chi connectivity index (χ0) is 14.4. The number of hydrogen-bond donors (Lipinski definition) is 0. The highest BCUT2D eigenvalue weighted by Gasteiger charge is 2.36. The highest BCUT2D eigenvalue weighted by Crippen LogP contribution is 2.22. The van der Waals surface area contributed by atoms with E-state index >= 15 is 0 Å². The lowest BCUT2D eigenvalue weighted by molar-refractivity contribution is 0.0633. The van der Waals surface area contributed by atoms with Gasteiger partial charge in [-0.1, -0.05) is 60.7 Å². The van der Waals surface area contributed by atoms with Crippen molar-refractivity contribution in [1.29, 1.82) is 0 Å². The lowest BCUT2D eigenvalue weighted by Crippen LogP contribution is -2.39. The second kappa shape index (κ2) is 6.61. The third kappa shape index (κ3) is 4.42. The van der Waals surface area contributed by atoms with Gasteiger partial charge < -0.3 is 17.7 Å². The number of ether oxygens (including phenoxy) is 1. The van der Waals surface area contributed by atoms with Crippen LogP contribution < -0.4 is 0 Å². The van der Waals surface area contributed by atoms with Gasteiger partial charge in [-0.15, -0.1) is 0 Å². The molecule has 0 saturated carbocycles. The van der Waals surface area contributed by atoms with E-state index in [1.807, 2.05) is 6.07 Å². The first-order chi connectivity index (χ1) is 9.55. The van der Waals surface area contributed by atoms with E-state index in [2.05, 4.69) is 0 Å². The van der Waals surface area contributed by atoms with Crippen molar-refractivity contribution in [2.45, 2.75) is 19.0 Å². The minimum Gasteiger partial charge on any atom is -0.447 e. The molecule has 0 fully saturated rings. The summed E-state index contributed by atoms with van der Waals surface area (Å²) in [5.74, 6) is 0. The molecule has 0 bridgehead atoms. The van der Waals surface area contributed by atoms with Crippen molar-refractivity contribution in [3.8, 4) is 0 Å². The molecule has 0 aliphatic heterocycles. The molecule has 0 spiro atoms. The van der Waals surface area contributed by atoms with Crippen LogP contribution in [0.2, 0.25) is 0 Å². The molecule has 0 saturated heterocycles. The van der Waals surface area contributed by atoms with Crippen LogP contribution in [0, 0.1) is 0 Å². The van der Waals surface area contributed by atoms with Gasteiger partial charge in [0.15, 0.2) is 0 Å². The molecule has 2 aromatic carbocycles. The Morgan fingerprint density at radius 2 is 1.30 bits per heavy atom. The van der Waals surface area contributed by atoms with Crippen LogP contribution in [-0.2, 0) is 17.8 Å². The molecule has 5 heteroatoms. The lowest BCUT2D eigenvalue weighted by Gasteiger charge is -2.27. The molecule has 0 amide bonds. The molecule has 0 aliphatic carbocycles. The summed E-state index contributed by atoms with van der Waals surface area (Å²) in [6.07, 6.45) is -0.142. The second-order valence-electron chi connectivity index (χ2n) is 4.65. The summed E-state index contributed by atoms with van der Waals surface area (Å²) in [6, 6.07) is 15.8. The summed E-state index contributed by atoms with van der Waals surface area (Å²) in [7, 11) is 0. The second-order valence-corrected chi connectivity index (χ2v) is 4.65. The van der Waals surface area contributed by atoms with Crippen LogP contribution in [0.4, 0.5) is 12.9 Å². The lowest BCUT2D eigenvalue weighted by atomic mass is 9.78. The molecule has 0 N–H and O–H groups in total. The molecule has 0 aromatic heterocycles. The van der Waals surface area contributed by atoms with Crippen LogP contribution in [0.1, 0.15) is 11.1 Å². The van der Waals surface area contributed by atoms with Gasteiger partial charge in [-0.3, -0.25) is 0 Å². The van der Waals surface area contributed by atoms with E-state index in [9.17, 15) is 12.9 Å². The standard InChI is InChI=1S/C15H15BF3O/c17-16(18,19)15(11-13-7-3-1-4-8-13)20-12-14-9-5-2-6-10-14/h1-10,15H,11-12H2/q-1. The summed E-state index contributed by atoms with van der Waals surface area (Å²) >= 11 is 0. The van der Waals surface area contributed by atoms with E-state index < -0.39 is 13.0 Å². The van der Waals surface area contributed by atoms with Crippen LogP contribution >= 0.6 is 0 Å². The molecule has 0 aliphatic rings. The molecule has 106 valence electrons. The van der Waals surface area contributed by atoms with Gasteiger partial charge in [0.25, 0.3) is 0 Å². The summed E-state index contributed by atoms with van der Waals surface area (Å²) in [5.41, 5.74) is 1.37. The molecule has 1 atom stereocenters. The Morgan fingerprint density at radius 1 is 0.800 bits per heavy atom. The van der Waals surface area contributed by atoms with E-state index in [4.69, 9.17) is 4.74 Å². The minimum atomic E-state index is -5.03. The van der Waals surface area contributed by atoms with E-state index in [-0.39, 0.29) is 13.0 Å². The third-order valence-corrected chi connectivity index (χ3v) is 3.01. The van der Waals surface area contributed by atoms with E-state index in [0.29, 0.717) is 5.56 Å². The number of hydrogen-bond acceptors (Lipinski definition) is 1. The maximum Gasteiger partial charge on any atom is 0.507 e. The predicted octanol–water partition coefficient (Wildman–Crippen LogP) is 4.20. The van der Waals surface area contributed by atoms with Gasteiger partial charge in [0.2, 0.25) is 0 Å². The van der Waals surface area contributed by atoms with E-state index in [0.717, 1.165) is 5.56 Å². The molecular weight excluding hydrogens is 264 g/mol.